The largest absolute Gasteiger partial charge is 0.362 e. The summed E-state index contributed by atoms with van der Waals surface area (Å²) in [5, 5.41) is 3.64. The Balaban J connectivity index is 1.45. The van der Waals surface area contributed by atoms with Gasteiger partial charge in [0.15, 0.2) is 17.3 Å². The third kappa shape index (κ3) is 2.60. The number of hydrogen-bond acceptors (Lipinski definition) is 5. The number of hydrogen-bond donors (Lipinski definition) is 2. The van der Waals surface area contributed by atoms with Gasteiger partial charge in [0.25, 0.3) is 0 Å². The first-order valence-corrected chi connectivity index (χ1v) is 11.9. The van der Waals surface area contributed by atoms with Gasteiger partial charge in [-0.3, -0.25) is 19.2 Å². The van der Waals surface area contributed by atoms with Gasteiger partial charge in [-0.05, 0) is 12.1 Å². The van der Waals surface area contributed by atoms with Crippen molar-refractivity contribution in [2.45, 2.75) is 6.04 Å². The molecule has 0 spiro atoms. The maximum Gasteiger partial charge on any atom is 0.240 e. The third-order valence-corrected chi connectivity index (χ3v) is 7.63. The second kappa shape index (κ2) is 7.20. The molecule has 0 aromatic heterocycles. The van der Waals surface area contributed by atoms with Crippen molar-refractivity contribution in [2.24, 2.45) is 0 Å². The molecule has 0 saturated heterocycles. The summed E-state index contributed by atoms with van der Waals surface area (Å²) in [5.74, 6) is -1.22. The van der Waals surface area contributed by atoms with Crippen LogP contribution in [0.15, 0.2) is 76.9 Å². The number of allylic oxidation sites excluding steroid dienone is 2. The van der Waals surface area contributed by atoms with Gasteiger partial charge in [-0.1, -0.05) is 71.7 Å². The Morgan fingerprint density at radius 3 is 1.97 bits per heavy atom. The molecule has 0 radical (unpaired) electrons. The van der Waals surface area contributed by atoms with Crippen molar-refractivity contribution in [3.8, 4) is 0 Å². The van der Waals surface area contributed by atoms with Crippen LogP contribution in [0.4, 0.5) is 11.4 Å². The van der Waals surface area contributed by atoms with E-state index in [0.29, 0.717) is 39.3 Å². The fourth-order valence-corrected chi connectivity index (χ4v) is 5.90. The maximum absolute atomic E-state index is 13.5. The average Bonchev–Trinajstić information content (AvgIpc) is 2.89. The lowest BCUT2D eigenvalue weighted by atomic mass is 9.76. The van der Waals surface area contributed by atoms with E-state index in [1.807, 2.05) is 0 Å². The molecule has 1 heterocycles. The second-order valence-electron chi connectivity index (χ2n) is 8.87. The van der Waals surface area contributed by atoms with Crippen molar-refractivity contribution in [2.75, 3.05) is 5.32 Å². The summed E-state index contributed by atoms with van der Waals surface area (Å²) >= 11 is 13.2. The summed E-state index contributed by atoms with van der Waals surface area (Å²) in [6, 6.07) is 13.9. The van der Waals surface area contributed by atoms with Crippen LogP contribution in [-0.2, 0) is 0 Å². The van der Waals surface area contributed by atoms with Gasteiger partial charge in [0.2, 0.25) is 17.2 Å². The van der Waals surface area contributed by atoms with Crippen molar-refractivity contribution in [3.05, 3.63) is 115 Å². The van der Waals surface area contributed by atoms with Gasteiger partial charge in [0, 0.05) is 39.0 Å². The van der Waals surface area contributed by atoms with Crippen molar-refractivity contribution in [1.29, 1.82) is 0 Å². The highest BCUT2D eigenvalue weighted by atomic mass is 35.5. The molecule has 0 fully saturated rings. The van der Waals surface area contributed by atoms with E-state index >= 15 is 0 Å². The van der Waals surface area contributed by atoms with Crippen LogP contribution in [0.1, 0.15) is 52.6 Å². The van der Waals surface area contributed by atoms with Crippen LogP contribution in [0.2, 0.25) is 5.02 Å². The van der Waals surface area contributed by atoms with Crippen LogP contribution in [0, 0.1) is 0 Å². The summed E-state index contributed by atoms with van der Waals surface area (Å²) in [6.45, 7) is 0. The number of ketones is 4. The van der Waals surface area contributed by atoms with Gasteiger partial charge >= 0.3 is 0 Å². The molecule has 8 heteroatoms. The Morgan fingerprint density at radius 1 is 0.722 bits per heavy atom. The van der Waals surface area contributed by atoms with Crippen LogP contribution < -0.4 is 10.3 Å². The van der Waals surface area contributed by atoms with E-state index in [1.165, 1.54) is 12.1 Å². The standard InChI is InChI=1S/C28H12Cl2N2O4/c29-17-9-15-19(27(35)13-7-3-1-5-11(13)25(15)33)23-21(17)32-24-20-16(10-18(30)22(24)31-23)26(34)12-6-2-4-8-14(12)28(20)36/h1-10,23,31H/p+1. The summed E-state index contributed by atoms with van der Waals surface area (Å²) in [6.07, 6.45) is 1.47. The molecular formula is C28H13Cl2N2O4+. The highest BCUT2D eigenvalue weighted by Crippen LogP contribution is 2.43. The van der Waals surface area contributed by atoms with Crippen LogP contribution in [0.25, 0.3) is 0 Å². The zero-order valence-corrected chi connectivity index (χ0v) is 19.8. The van der Waals surface area contributed by atoms with Crippen LogP contribution in [0.3, 0.4) is 0 Å². The number of carbonyl (C=O) groups is 4. The minimum atomic E-state index is -0.799. The first kappa shape index (κ1) is 21.2. The van der Waals surface area contributed by atoms with Gasteiger partial charge in [-0.15, -0.1) is 0 Å². The van der Waals surface area contributed by atoms with E-state index < -0.39 is 6.04 Å². The summed E-state index contributed by atoms with van der Waals surface area (Å²) in [4.78, 5) is 56.7. The fourth-order valence-electron chi connectivity index (χ4n) is 5.38. The number of carbonyl (C=O) groups excluding carboxylic acids is 4. The molecular weight excluding hydrogens is 499 g/mol. The molecule has 0 saturated carbocycles. The lowest BCUT2D eigenvalue weighted by molar-refractivity contribution is -0.355. The minimum absolute atomic E-state index is 0.178. The molecule has 7 rings (SSSR count). The predicted molar refractivity (Wildman–Crippen MR) is 134 cm³/mol. The van der Waals surface area contributed by atoms with Gasteiger partial charge < -0.3 is 5.32 Å². The smallest absolute Gasteiger partial charge is 0.240 e. The quantitative estimate of drug-likeness (QED) is 0.376. The predicted octanol–water partition coefficient (Wildman–Crippen LogP) is 3.57. The molecule has 36 heavy (non-hydrogen) atoms. The average molecular weight is 512 g/mol. The number of halogens is 2. The van der Waals surface area contributed by atoms with Crippen LogP contribution in [-0.4, -0.2) is 34.9 Å². The number of fused-ring (bicyclic) bond motifs is 7. The molecule has 0 bridgehead atoms. The normalized spacial score (nSPS) is 19.2. The zero-order chi connectivity index (χ0) is 24.9. The molecule has 6 nitrogen and oxygen atoms in total. The third-order valence-electron chi connectivity index (χ3n) is 7.02. The fraction of sp³-hybridized carbons (Fsp3) is 0.0357. The molecule has 1 unspecified atom stereocenters. The van der Waals surface area contributed by atoms with Gasteiger partial charge in [-0.2, -0.15) is 0 Å². The lowest BCUT2D eigenvalue weighted by Gasteiger charge is -2.32. The first-order chi connectivity index (χ1) is 17.4. The monoisotopic (exact) mass is 511 g/mol. The molecule has 3 aliphatic carbocycles. The molecule has 0 amide bonds. The van der Waals surface area contributed by atoms with E-state index in [9.17, 15) is 19.2 Å². The number of benzene rings is 3. The van der Waals surface area contributed by atoms with E-state index in [2.05, 4.69) is 10.3 Å². The van der Waals surface area contributed by atoms with Crippen molar-refractivity contribution < 1.29 is 24.2 Å². The van der Waals surface area contributed by atoms with E-state index in [-0.39, 0.29) is 55.5 Å². The number of Topliss-reactive ketones (excluding diaryl/α,β-unsaturated/α-hetero) is 2. The number of nitrogens with one attached hydrogen (secondary N) is 2. The summed E-state index contributed by atoms with van der Waals surface area (Å²) < 4.78 is 0. The Morgan fingerprint density at radius 2 is 1.31 bits per heavy atom. The molecule has 1 aliphatic heterocycles. The SMILES string of the molecule is O=C1C2=C(C(=O)c3ccccc31)C1Nc3c(Cl)cc4c(c3[NH+]=C1C(Cl)=C2)C(=O)c1ccccc1C4=O. The Bertz CT molecular complexity index is 1760. The van der Waals surface area contributed by atoms with E-state index in [0.717, 1.165) is 0 Å². The second-order valence-corrected chi connectivity index (χ2v) is 9.69. The van der Waals surface area contributed by atoms with E-state index in [1.54, 1.807) is 48.5 Å². The van der Waals surface area contributed by atoms with E-state index in [4.69, 9.17) is 23.2 Å². The molecule has 1 atom stereocenters. The summed E-state index contributed by atoms with van der Waals surface area (Å²) in [5.41, 5.74) is 3.13. The molecule has 3 aromatic carbocycles. The summed E-state index contributed by atoms with van der Waals surface area (Å²) in [7, 11) is 0. The van der Waals surface area contributed by atoms with Crippen LogP contribution in [0.5, 0.6) is 0 Å². The van der Waals surface area contributed by atoms with Gasteiger partial charge in [-0.25, -0.2) is 4.99 Å². The molecule has 172 valence electrons. The van der Waals surface area contributed by atoms with Crippen LogP contribution >= 0.6 is 23.2 Å². The minimum Gasteiger partial charge on any atom is -0.362 e. The topological polar surface area (TPSA) is 94.3 Å². The van der Waals surface area contributed by atoms with Gasteiger partial charge in [0.05, 0.1) is 5.02 Å². The van der Waals surface area contributed by atoms with Crippen molar-refractivity contribution in [3.63, 3.8) is 0 Å². The molecule has 3 aromatic rings. The molecule has 4 aliphatic rings. The number of anilines is 1. The first-order valence-electron chi connectivity index (χ1n) is 11.1. The van der Waals surface area contributed by atoms with Crippen molar-refractivity contribution >= 4 is 63.4 Å². The zero-order valence-electron chi connectivity index (χ0n) is 18.2. The van der Waals surface area contributed by atoms with Crippen molar-refractivity contribution in [1.82, 2.24) is 0 Å². The Labute approximate surface area is 213 Å². The highest BCUT2D eigenvalue weighted by Gasteiger charge is 2.47. The Hall–Kier alpha value is -4.13. The highest BCUT2D eigenvalue weighted by molar-refractivity contribution is 6.47. The maximum atomic E-state index is 13.5. The van der Waals surface area contributed by atoms with Gasteiger partial charge in [0.1, 0.15) is 22.3 Å². The lowest BCUT2D eigenvalue weighted by Crippen LogP contribution is -2.74. The molecule has 2 N–H and O–H groups in total. The Kier molecular flexibility index (Phi) is 4.23. The number of rotatable bonds is 0.